The number of nitrogens with zero attached hydrogens (tertiary/aromatic N) is 2. The molecule has 0 fully saturated rings. The Morgan fingerprint density at radius 3 is 2.94 bits per heavy atom. The normalized spacial score (nSPS) is 10.7. The highest BCUT2D eigenvalue weighted by atomic mass is 32.1. The molecule has 3 aromatic rings. The lowest BCUT2D eigenvalue weighted by Gasteiger charge is -1.98. The first-order valence-corrected chi connectivity index (χ1v) is 6.28. The third-order valence-corrected chi connectivity index (χ3v) is 3.50. The predicted molar refractivity (Wildman–Crippen MR) is 70.9 cm³/mol. The van der Waals surface area contributed by atoms with Gasteiger partial charge in [-0.1, -0.05) is 12.1 Å². The highest BCUT2D eigenvalue weighted by Crippen LogP contribution is 2.16. The average Bonchev–Trinajstić information content (AvgIpc) is 2.94. The Bertz CT molecular complexity index is 683. The van der Waals surface area contributed by atoms with Gasteiger partial charge in [-0.05, 0) is 19.1 Å². The van der Waals surface area contributed by atoms with Crippen molar-refractivity contribution in [3.8, 4) is 0 Å². The number of aryl methyl sites for hydroxylation is 1. The monoisotopic (exact) mass is 258 g/mol. The van der Waals surface area contributed by atoms with Crippen molar-refractivity contribution >= 4 is 34.2 Å². The fourth-order valence-corrected chi connectivity index (χ4v) is 2.39. The van der Waals surface area contributed by atoms with E-state index in [9.17, 15) is 4.79 Å². The standard InChI is InChI=1S/C12H10N4OS/c1-7-10(18-6-13-7)11(17)16-12-14-8-4-2-3-5-9(8)15-12/h2-6H,1H3,(H2,14,15,16,17). The van der Waals surface area contributed by atoms with Gasteiger partial charge in [0, 0.05) is 0 Å². The molecule has 0 aliphatic heterocycles. The maximum Gasteiger partial charge on any atom is 0.269 e. The Balaban J connectivity index is 1.88. The molecule has 0 saturated carbocycles. The molecule has 0 radical (unpaired) electrons. The zero-order valence-electron chi connectivity index (χ0n) is 9.60. The van der Waals surface area contributed by atoms with Crippen molar-refractivity contribution in [1.82, 2.24) is 15.0 Å². The number of fused-ring (bicyclic) bond motifs is 1. The van der Waals surface area contributed by atoms with Gasteiger partial charge in [-0.15, -0.1) is 11.3 Å². The van der Waals surface area contributed by atoms with E-state index in [1.807, 2.05) is 31.2 Å². The fraction of sp³-hybridized carbons (Fsp3) is 0.0833. The summed E-state index contributed by atoms with van der Waals surface area (Å²) in [5, 5.41) is 2.74. The van der Waals surface area contributed by atoms with E-state index in [0.717, 1.165) is 16.7 Å². The summed E-state index contributed by atoms with van der Waals surface area (Å²) in [6.45, 7) is 1.81. The Morgan fingerprint density at radius 2 is 2.22 bits per heavy atom. The molecule has 1 amide bonds. The number of aromatic nitrogens is 3. The largest absolute Gasteiger partial charge is 0.324 e. The van der Waals surface area contributed by atoms with Crippen LogP contribution in [0.2, 0.25) is 0 Å². The summed E-state index contributed by atoms with van der Waals surface area (Å²) in [6.07, 6.45) is 0. The van der Waals surface area contributed by atoms with E-state index >= 15 is 0 Å². The SMILES string of the molecule is Cc1ncsc1C(=O)Nc1nc2ccccc2[nH]1. The van der Waals surface area contributed by atoms with E-state index in [4.69, 9.17) is 0 Å². The lowest BCUT2D eigenvalue weighted by atomic mass is 10.3. The molecule has 2 N–H and O–H groups in total. The first-order valence-electron chi connectivity index (χ1n) is 5.40. The summed E-state index contributed by atoms with van der Waals surface area (Å²) >= 11 is 1.32. The zero-order valence-corrected chi connectivity index (χ0v) is 10.4. The van der Waals surface area contributed by atoms with Gasteiger partial charge in [-0.2, -0.15) is 0 Å². The molecule has 0 unspecified atom stereocenters. The van der Waals surface area contributed by atoms with Gasteiger partial charge in [0.05, 0.1) is 22.2 Å². The van der Waals surface area contributed by atoms with Gasteiger partial charge < -0.3 is 4.98 Å². The van der Waals surface area contributed by atoms with Gasteiger partial charge in [-0.3, -0.25) is 10.1 Å². The number of hydrogen-bond donors (Lipinski definition) is 2. The molecule has 5 nitrogen and oxygen atoms in total. The van der Waals surface area contributed by atoms with Crippen LogP contribution in [0.4, 0.5) is 5.95 Å². The number of imidazole rings is 1. The van der Waals surface area contributed by atoms with Crippen molar-refractivity contribution in [2.45, 2.75) is 6.92 Å². The number of para-hydroxylation sites is 2. The molecule has 1 aromatic carbocycles. The molecule has 0 bridgehead atoms. The molecule has 2 heterocycles. The summed E-state index contributed by atoms with van der Waals surface area (Å²) in [5.41, 5.74) is 4.11. The minimum atomic E-state index is -0.186. The van der Waals surface area contributed by atoms with Crippen LogP contribution in [0.5, 0.6) is 0 Å². The summed E-state index contributed by atoms with van der Waals surface area (Å²) in [4.78, 5) is 24.0. The lowest BCUT2D eigenvalue weighted by molar-refractivity contribution is 0.102. The first-order chi connectivity index (χ1) is 8.74. The smallest absolute Gasteiger partial charge is 0.269 e. The Hall–Kier alpha value is -2.21. The number of carbonyl (C=O) groups excluding carboxylic acids is 1. The van der Waals surface area contributed by atoms with Crippen LogP contribution in [0.25, 0.3) is 11.0 Å². The Kier molecular flexibility index (Phi) is 2.56. The van der Waals surface area contributed by atoms with E-state index in [-0.39, 0.29) is 5.91 Å². The molecule has 18 heavy (non-hydrogen) atoms. The van der Waals surface area contributed by atoms with Gasteiger partial charge in [0.15, 0.2) is 0 Å². The fourth-order valence-electron chi connectivity index (χ4n) is 1.70. The number of aromatic amines is 1. The lowest BCUT2D eigenvalue weighted by Crippen LogP contribution is -2.12. The zero-order chi connectivity index (χ0) is 12.5. The molecule has 0 saturated heterocycles. The number of nitrogens with one attached hydrogen (secondary N) is 2. The second-order valence-corrected chi connectivity index (χ2v) is 4.68. The highest BCUT2D eigenvalue weighted by Gasteiger charge is 2.13. The number of benzene rings is 1. The summed E-state index contributed by atoms with van der Waals surface area (Å²) in [7, 11) is 0. The molecule has 0 atom stereocenters. The van der Waals surface area contributed by atoms with E-state index in [2.05, 4.69) is 20.3 Å². The van der Waals surface area contributed by atoms with Gasteiger partial charge in [0.2, 0.25) is 5.95 Å². The van der Waals surface area contributed by atoms with Gasteiger partial charge in [-0.25, -0.2) is 9.97 Å². The van der Waals surface area contributed by atoms with E-state index in [1.165, 1.54) is 11.3 Å². The predicted octanol–water partition coefficient (Wildman–Crippen LogP) is 2.58. The first kappa shape index (κ1) is 10.9. The number of rotatable bonds is 2. The van der Waals surface area contributed by atoms with E-state index in [0.29, 0.717) is 10.8 Å². The number of H-pyrrole nitrogens is 1. The van der Waals surface area contributed by atoms with Crippen LogP contribution in [0, 0.1) is 6.92 Å². The molecule has 0 aliphatic rings. The Morgan fingerprint density at radius 1 is 1.39 bits per heavy atom. The molecule has 2 aromatic heterocycles. The van der Waals surface area contributed by atoms with Crippen molar-refractivity contribution in [2.24, 2.45) is 0 Å². The summed E-state index contributed by atoms with van der Waals surface area (Å²) in [5.74, 6) is 0.267. The highest BCUT2D eigenvalue weighted by molar-refractivity contribution is 7.12. The van der Waals surface area contributed by atoms with Crippen molar-refractivity contribution in [1.29, 1.82) is 0 Å². The Labute approximate surface area is 107 Å². The molecular weight excluding hydrogens is 248 g/mol. The maximum absolute atomic E-state index is 12.0. The van der Waals surface area contributed by atoms with Crippen LogP contribution < -0.4 is 5.32 Å². The van der Waals surface area contributed by atoms with Crippen LogP contribution in [-0.4, -0.2) is 20.9 Å². The number of hydrogen-bond acceptors (Lipinski definition) is 4. The van der Waals surface area contributed by atoms with Crippen molar-refractivity contribution in [2.75, 3.05) is 5.32 Å². The molecular formula is C12H10N4OS. The van der Waals surface area contributed by atoms with Crippen LogP contribution >= 0.6 is 11.3 Å². The van der Waals surface area contributed by atoms with E-state index < -0.39 is 0 Å². The van der Waals surface area contributed by atoms with Crippen molar-refractivity contribution in [3.05, 3.63) is 40.3 Å². The van der Waals surface area contributed by atoms with Gasteiger partial charge in [0.25, 0.3) is 5.91 Å². The molecule has 90 valence electrons. The van der Waals surface area contributed by atoms with Crippen LogP contribution in [0.15, 0.2) is 29.8 Å². The average molecular weight is 258 g/mol. The third-order valence-electron chi connectivity index (χ3n) is 2.57. The molecule has 0 spiro atoms. The quantitative estimate of drug-likeness (QED) is 0.742. The van der Waals surface area contributed by atoms with E-state index in [1.54, 1.807) is 5.51 Å². The summed E-state index contributed by atoms with van der Waals surface area (Å²) in [6, 6.07) is 7.62. The van der Waals surface area contributed by atoms with Crippen molar-refractivity contribution in [3.63, 3.8) is 0 Å². The second kappa shape index (κ2) is 4.23. The molecule has 3 rings (SSSR count). The number of carbonyl (C=O) groups is 1. The topological polar surface area (TPSA) is 70.7 Å². The number of thiazole rings is 1. The molecule has 6 heteroatoms. The maximum atomic E-state index is 12.0. The summed E-state index contributed by atoms with van der Waals surface area (Å²) < 4.78 is 0. The van der Waals surface area contributed by atoms with Crippen LogP contribution in [0.1, 0.15) is 15.4 Å². The van der Waals surface area contributed by atoms with Crippen LogP contribution in [0.3, 0.4) is 0 Å². The number of anilines is 1. The van der Waals surface area contributed by atoms with Crippen molar-refractivity contribution < 1.29 is 4.79 Å². The number of amides is 1. The minimum Gasteiger partial charge on any atom is -0.324 e. The van der Waals surface area contributed by atoms with Gasteiger partial charge in [0.1, 0.15) is 4.88 Å². The van der Waals surface area contributed by atoms with Gasteiger partial charge >= 0.3 is 0 Å². The third kappa shape index (κ3) is 1.86. The minimum absolute atomic E-state index is 0.186. The molecule has 0 aliphatic carbocycles. The second-order valence-electron chi connectivity index (χ2n) is 3.82. The van der Waals surface area contributed by atoms with Crippen LogP contribution in [-0.2, 0) is 0 Å².